The van der Waals surface area contributed by atoms with Crippen LogP contribution in [0.25, 0.3) is 27.6 Å². The number of allylic oxidation sites excluding steroid dienone is 2. The molecule has 2 aromatic heterocycles. The highest BCUT2D eigenvalue weighted by molar-refractivity contribution is 6.10. The van der Waals surface area contributed by atoms with Gasteiger partial charge in [0, 0.05) is 73.5 Å². The number of hydrogen-bond acceptors (Lipinski definition) is 4. The van der Waals surface area contributed by atoms with Gasteiger partial charge in [-0.25, -0.2) is 4.98 Å². The molecule has 0 saturated heterocycles. The van der Waals surface area contributed by atoms with Crippen molar-refractivity contribution < 1.29 is 4.74 Å². The van der Waals surface area contributed by atoms with Crippen molar-refractivity contribution in [1.82, 2.24) is 9.55 Å². The summed E-state index contributed by atoms with van der Waals surface area (Å²) in [6.07, 6.45) is 1.96. The standard InChI is InChI=1S/C66H76N4O/c1-61(2,3)46-28-23-29-50(36-46)68-43-69(60(64(10,11)12)59(68)63(7,8)9)51-37-49(62(4,5)6)38-53(41-51)71-52-31-32-54-55-39-47(65(13,14)44-24-19-17-20-25-44)30-33-56(55)70(57(54)42-52)58-40-48(34-35-67-58)66(15,16)45-26-21-18-22-27-45/h17-42H,43H2,1-16H3. The molecule has 0 amide bonds. The minimum Gasteiger partial charge on any atom is -0.457 e. The predicted octanol–water partition coefficient (Wildman–Crippen LogP) is 17.8. The van der Waals surface area contributed by atoms with Crippen LogP contribution < -0.4 is 14.5 Å². The van der Waals surface area contributed by atoms with Gasteiger partial charge in [-0.1, -0.05) is 190 Å². The first kappa shape index (κ1) is 49.4. The quantitative estimate of drug-likeness (QED) is 0.144. The molecule has 0 unspecified atom stereocenters. The lowest BCUT2D eigenvalue weighted by molar-refractivity contribution is 0.444. The second-order valence-corrected chi connectivity index (χ2v) is 25.2. The molecular weight excluding hydrogens is 865 g/mol. The van der Waals surface area contributed by atoms with Crippen LogP contribution in [0.5, 0.6) is 11.5 Å². The van der Waals surface area contributed by atoms with Gasteiger partial charge in [0.1, 0.15) is 17.3 Å². The molecular formula is C66H76N4O. The maximum Gasteiger partial charge on any atom is 0.137 e. The predicted molar refractivity (Wildman–Crippen MR) is 302 cm³/mol. The Morgan fingerprint density at radius 3 is 1.51 bits per heavy atom. The number of rotatable bonds is 9. The van der Waals surface area contributed by atoms with Crippen molar-refractivity contribution in [2.24, 2.45) is 10.8 Å². The van der Waals surface area contributed by atoms with Crippen molar-refractivity contribution in [1.29, 1.82) is 0 Å². The lowest BCUT2D eigenvalue weighted by atomic mass is 9.78. The highest BCUT2D eigenvalue weighted by Gasteiger charge is 2.42. The Labute approximate surface area is 425 Å². The molecule has 0 N–H and O–H groups in total. The summed E-state index contributed by atoms with van der Waals surface area (Å²) < 4.78 is 9.50. The molecule has 6 aromatic carbocycles. The molecule has 0 saturated carbocycles. The highest BCUT2D eigenvalue weighted by atomic mass is 16.5. The SMILES string of the molecule is CC(C)(C)C1=C(C(C)(C)C)N(c2cc(Oc3ccc4c5cc(C(C)(C)c6ccccc6)ccc5n(-c5cc(C(C)(C)c6ccccc6)ccn5)c4c3)cc(C(C)(C)C)c2)CN1c1cccc(C(C)(C)C)c1. The molecule has 9 rings (SSSR count). The van der Waals surface area contributed by atoms with Crippen LogP contribution in [0.15, 0.2) is 169 Å². The fourth-order valence-electron chi connectivity index (χ4n) is 10.7. The molecule has 0 atom stereocenters. The third-order valence-electron chi connectivity index (χ3n) is 14.9. The Balaban J connectivity index is 1.20. The maximum atomic E-state index is 7.17. The van der Waals surface area contributed by atoms with E-state index in [0.717, 1.165) is 39.4 Å². The number of pyridine rings is 1. The Morgan fingerprint density at radius 2 is 0.930 bits per heavy atom. The van der Waals surface area contributed by atoms with Gasteiger partial charge in [0.2, 0.25) is 0 Å². The van der Waals surface area contributed by atoms with E-state index in [0.29, 0.717) is 6.67 Å². The van der Waals surface area contributed by atoms with Crippen LogP contribution in [0.3, 0.4) is 0 Å². The van der Waals surface area contributed by atoms with E-state index in [4.69, 9.17) is 9.72 Å². The van der Waals surface area contributed by atoms with Crippen LogP contribution in [0, 0.1) is 10.8 Å². The number of anilines is 2. The molecule has 1 aliphatic heterocycles. The second-order valence-electron chi connectivity index (χ2n) is 25.2. The van der Waals surface area contributed by atoms with Gasteiger partial charge in [-0.3, -0.25) is 4.57 Å². The van der Waals surface area contributed by atoms with Gasteiger partial charge in [0.15, 0.2) is 0 Å². The number of aromatic nitrogens is 2. The zero-order chi connectivity index (χ0) is 51.1. The van der Waals surface area contributed by atoms with E-state index in [9.17, 15) is 0 Å². The molecule has 8 aromatic rings. The van der Waals surface area contributed by atoms with E-state index >= 15 is 0 Å². The topological polar surface area (TPSA) is 33.5 Å². The normalized spacial score (nSPS) is 14.3. The maximum absolute atomic E-state index is 7.17. The van der Waals surface area contributed by atoms with Gasteiger partial charge in [0.05, 0.1) is 17.7 Å². The summed E-state index contributed by atoms with van der Waals surface area (Å²) in [6, 6.07) is 55.6. The molecule has 3 heterocycles. The van der Waals surface area contributed by atoms with Crippen LogP contribution in [-0.2, 0) is 21.7 Å². The number of nitrogens with zero attached hydrogens (tertiary/aromatic N) is 4. The number of ether oxygens (including phenoxy) is 1. The fourth-order valence-corrected chi connectivity index (χ4v) is 10.7. The molecule has 0 spiro atoms. The minimum absolute atomic E-state index is 0.0284. The van der Waals surface area contributed by atoms with Crippen LogP contribution >= 0.6 is 0 Å². The smallest absolute Gasteiger partial charge is 0.137 e. The second kappa shape index (κ2) is 17.6. The molecule has 1 aliphatic rings. The van der Waals surface area contributed by atoms with Crippen LogP contribution in [0.2, 0.25) is 0 Å². The van der Waals surface area contributed by atoms with Crippen LogP contribution in [0.4, 0.5) is 11.4 Å². The van der Waals surface area contributed by atoms with E-state index in [1.54, 1.807) is 0 Å². The third kappa shape index (κ3) is 9.41. The summed E-state index contributed by atoms with van der Waals surface area (Å²) in [7, 11) is 0. The van der Waals surface area contributed by atoms with E-state index in [1.165, 1.54) is 55.8 Å². The largest absolute Gasteiger partial charge is 0.457 e. The zero-order valence-electron chi connectivity index (χ0n) is 45.4. The molecule has 0 radical (unpaired) electrons. The minimum atomic E-state index is -0.243. The summed E-state index contributed by atoms with van der Waals surface area (Å²) in [5, 5.41) is 2.33. The van der Waals surface area contributed by atoms with E-state index in [1.807, 2.05) is 6.20 Å². The summed E-state index contributed by atoms with van der Waals surface area (Å²) in [5.74, 6) is 2.46. The van der Waals surface area contributed by atoms with E-state index in [-0.39, 0.29) is 32.5 Å². The van der Waals surface area contributed by atoms with Crippen molar-refractivity contribution in [3.05, 3.63) is 203 Å². The fraction of sp³-hybridized carbons (Fsp3) is 0.348. The molecule has 5 heteroatoms. The summed E-state index contributed by atoms with van der Waals surface area (Å²) >= 11 is 0. The number of fused-ring (bicyclic) bond motifs is 3. The molecule has 71 heavy (non-hydrogen) atoms. The Bertz CT molecular complexity index is 3290. The summed E-state index contributed by atoms with van der Waals surface area (Å²) in [5.41, 5.74) is 13.9. The highest BCUT2D eigenvalue weighted by Crippen LogP contribution is 2.50. The lowest BCUT2D eigenvalue weighted by Gasteiger charge is -2.34. The molecule has 366 valence electrons. The van der Waals surface area contributed by atoms with E-state index < -0.39 is 0 Å². The van der Waals surface area contributed by atoms with Crippen molar-refractivity contribution in [2.45, 2.75) is 132 Å². The van der Waals surface area contributed by atoms with Crippen LogP contribution in [-0.4, -0.2) is 16.2 Å². The van der Waals surface area contributed by atoms with Gasteiger partial charge >= 0.3 is 0 Å². The first-order valence-corrected chi connectivity index (χ1v) is 25.6. The molecule has 0 bridgehead atoms. The van der Waals surface area contributed by atoms with Gasteiger partial charge in [-0.05, 0) is 105 Å². The first-order valence-electron chi connectivity index (χ1n) is 25.6. The zero-order valence-corrected chi connectivity index (χ0v) is 45.4. The molecule has 0 aliphatic carbocycles. The average molecular weight is 941 g/mol. The lowest BCUT2D eigenvalue weighted by Crippen LogP contribution is -2.31. The van der Waals surface area contributed by atoms with Gasteiger partial charge in [0.25, 0.3) is 0 Å². The molecule has 5 nitrogen and oxygen atoms in total. The first-order chi connectivity index (χ1) is 33.2. The average Bonchev–Trinajstić information content (AvgIpc) is 3.90. The van der Waals surface area contributed by atoms with Crippen molar-refractivity contribution in [3.63, 3.8) is 0 Å². The van der Waals surface area contributed by atoms with E-state index in [2.05, 4.69) is 277 Å². The Hall–Kier alpha value is -6.59. The van der Waals surface area contributed by atoms with Crippen molar-refractivity contribution >= 4 is 33.2 Å². The van der Waals surface area contributed by atoms with Crippen LogP contribution in [0.1, 0.15) is 144 Å². The third-order valence-corrected chi connectivity index (χ3v) is 14.9. The Kier molecular flexibility index (Phi) is 12.3. The van der Waals surface area contributed by atoms with Crippen molar-refractivity contribution in [2.75, 3.05) is 16.5 Å². The number of hydrogen-bond donors (Lipinski definition) is 0. The van der Waals surface area contributed by atoms with Gasteiger partial charge in [-0.15, -0.1) is 0 Å². The Morgan fingerprint density at radius 1 is 0.380 bits per heavy atom. The van der Waals surface area contributed by atoms with Gasteiger partial charge < -0.3 is 14.5 Å². The van der Waals surface area contributed by atoms with Crippen molar-refractivity contribution in [3.8, 4) is 17.3 Å². The summed E-state index contributed by atoms with van der Waals surface area (Å²) in [6.45, 7) is 37.8. The summed E-state index contributed by atoms with van der Waals surface area (Å²) in [4.78, 5) is 10.2. The number of benzene rings is 6. The van der Waals surface area contributed by atoms with Gasteiger partial charge in [-0.2, -0.15) is 0 Å². The monoisotopic (exact) mass is 941 g/mol. The molecule has 0 fully saturated rings.